The minimum atomic E-state index is -1.58. The smallest absolute Gasteiger partial charge is 0.342 e. The minimum absolute atomic E-state index is 0.00952. The second kappa shape index (κ2) is 10.0. The van der Waals surface area contributed by atoms with Crippen molar-refractivity contribution in [3.63, 3.8) is 0 Å². The summed E-state index contributed by atoms with van der Waals surface area (Å²) in [4.78, 5) is 24.8. The number of esters is 1. The number of hydrogen-bond donors (Lipinski definition) is 4. The molecule has 0 fully saturated rings. The van der Waals surface area contributed by atoms with E-state index in [-0.39, 0.29) is 17.7 Å². The molecule has 0 amide bonds. The molecule has 0 saturated carbocycles. The number of nitrogens with one attached hydrogen (secondary N) is 1. The van der Waals surface area contributed by atoms with Crippen LogP contribution in [0, 0.1) is 5.92 Å². The van der Waals surface area contributed by atoms with Gasteiger partial charge in [-0.25, -0.2) is 4.79 Å². The average molecular weight is 401 g/mol. The maximum absolute atomic E-state index is 12.8. The fourth-order valence-corrected chi connectivity index (χ4v) is 3.00. The van der Waals surface area contributed by atoms with Crippen molar-refractivity contribution in [2.75, 3.05) is 11.9 Å². The number of ketones is 1. The molecule has 0 aromatic heterocycles. The topological polar surface area (TPSA) is 116 Å². The molecule has 1 aliphatic heterocycles. The number of aliphatic hydroxyl groups excluding tert-OH is 2. The molecule has 1 aromatic carbocycles. The summed E-state index contributed by atoms with van der Waals surface area (Å²) in [5.41, 5.74) is 0.983. The number of phenolic OH excluding ortho intramolecular Hbond substituents is 1. The van der Waals surface area contributed by atoms with Gasteiger partial charge in [0.1, 0.15) is 23.5 Å². The number of phenols is 1. The Balaban J connectivity index is 2.53. The van der Waals surface area contributed by atoms with Crippen molar-refractivity contribution in [3.05, 3.63) is 54.1 Å². The number of carbonyl (C=O) groups is 2. The fourth-order valence-electron chi connectivity index (χ4n) is 3.00. The Morgan fingerprint density at radius 2 is 2.00 bits per heavy atom. The van der Waals surface area contributed by atoms with Gasteiger partial charge in [-0.2, -0.15) is 0 Å². The van der Waals surface area contributed by atoms with Gasteiger partial charge >= 0.3 is 5.97 Å². The van der Waals surface area contributed by atoms with Crippen LogP contribution in [0.5, 0.6) is 5.75 Å². The van der Waals surface area contributed by atoms with Gasteiger partial charge in [0, 0.05) is 24.2 Å². The van der Waals surface area contributed by atoms with Gasteiger partial charge in [-0.1, -0.05) is 24.3 Å². The molecule has 1 aromatic rings. The molecule has 0 bridgehead atoms. The van der Waals surface area contributed by atoms with E-state index in [1.54, 1.807) is 13.0 Å². The van der Waals surface area contributed by atoms with Crippen LogP contribution in [0.4, 0.5) is 5.69 Å². The highest BCUT2D eigenvalue weighted by Gasteiger charge is 2.25. The number of ether oxygens (including phenoxy) is 1. The van der Waals surface area contributed by atoms with Crippen LogP contribution in [0.2, 0.25) is 0 Å². The molecule has 2 rings (SSSR count). The molecule has 0 aliphatic carbocycles. The van der Waals surface area contributed by atoms with E-state index in [0.29, 0.717) is 17.8 Å². The molecule has 1 aliphatic rings. The van der Waals surface area contributed by atoms with Crippen molar-refractivity contribution in [2.45, 2.75) is 38.6 Å². The van der Waals surface area contributed by atoms with E-state index < -0.39 is 36.0 Å². The maximum Gasteiger partial charge on any atom is 0.342 e. The van der Waals surface area contributed by atoms with Gasteiger partial charge < -0.3 is 25.4 Å². The quantitative estimate of drug-likeness (QED) is 0.454. The minimum Gasteiger partial charge on any atom is -0.507 e. The molecule has 1 heterocycles. The lowest BCUT2D eigenvalue weighted by atomic mass is 9.98. The lowest BCUT2D eigenvalue weighted by Gasteiger charge is -2.21. The zero-order valence-corrected chi connectivity index (χ0v) is 16.5. The Labute approximate surface area is 170 Å². The van der Waals surface area contributed by atoms with Gasteiger partial charge in [0.2, 0.25) is 0 Å². The molecular weight excluding hydrogens is 374 g/mol. The van der Waals surface area contributed by atoms with Gasteiger partial charge in [-0.3, -0.25) is 4.79 Å². The van der Waals surface area contributed by atoms with Crippen LogP contribution in [0.25, 0.3) is 6.08 Å². The van der Waals surface area contributed by atoms with Crippen LogP contribution in [-0.2, 0) is 9.53 Å². The first kappa shape index (κ1) is 22.4. The second-order valence-corrected chi connectivity index (χ2v) is 6.83. The van der Waals surface area contributed by atoms with E-state index in [0.717, 1.165) is 6.08 Å². The third-order valence-corrected chi connectivity index (χ3v) is 4.65. The Hall–Kier alpha value is -2.90. The molecule has 29 heavy (non-hydrogen) atoms. The van der Waals surface area contributed by atoms with Crippen molar-refractivity contribution in [1.82, 2.24) is 0 Å². The summed E-state index contributed by atoms with van der Waals surface area (Å²) in [6, 6.07) is 3.11. The fraction of sp³-hybridized carbons (Fsp3) is 0.364. The highest BCUT2D eigenvalue weighted by molar-refractivity contribution is 5.97. The molecule has 4 atom stereocenters. The van der Waals surface area contributed by atoms with Crippen LogP contribution < -0.4 is 5.32 Å². The lowest BCUT2D eigenvalue weighted by molar-refractivity contribution is -0.127. The third-order valence-electron chi connectivity index (χ3n) is 4.65. The van der Waals surface area contributed by atoms with E-state index in [4.69, 9.17) is 4.74 Å². The van der Waals surface area contributed by atoms with E-state index in [9.17, 15) is 24.9 Å². The van der Waals surface area contributed by atoms with Crippen molar-refractivity contribution in [3.8, 4) is 5.75 Å². The van der Waals surface area contributed by atoms with Gasteiger partial charge in [0.15, 0.2) is 5.78 Å². The number of aliphatic hydroxyl groups is 2. The highest BCUT2D eigenvalue weighted by Crippen LogP contribution is 2.30. The summed E-state index contributed by atoms with van der Waals surface area (Å²) in [5.74, 6) is -2.12. The maximum atomic E-state index is 12.8. The Kier molecular flexibility index (Phi) is 7.75. The molecule has 0 radical (unpaired) electrons. The van der Waals surface area contributed by atoms with Gasteiger partial charge in [-0.15, -0.1) is 6.58 Å². The number of benzene rings is 1. The van der Waals surface area contributed by atoms with Crippen molar-refractivity contribution < 1.29 is 29.6 Å². The summed E-state index contributed by atoms with van der Waals surface area (Å²) >= 11 is 0. The zero-order chi connectivity index (χ0) is 21.6. The predicted octanol–water partition coefficient (Wildman–Crippen LogP) is 2.44. The van der Waals surface area contributed by atoms with Crippen molar-refractivity contribution in [2.24, 2.45) is 5.92 Å². The molecule has 0 unspecified atom stereocenters. The number of anilines is 1. The molecule has 156 valence electrons. The van der Waals surface area contributed by atoms with Gasteiger partial charge in [0.05, 0.1) is 6.10 Å². The van der Waals surface area contributed by atoms with Crippen molar-refractivity contribution >= 4 is 23.5 Å². The number of rotatable bonds is 3. The molecule has 7 heteroatoms. The lowest BCUT2D eigenvalue weighted by Crippen LogP contribution is -2.32. The Morgan fingerprint density at radius 1 is 1.28 bits per heavy atom. The van der Waals surface area contributed by atoms with Crippen LogP contribution in [0.3, 0.4) is 0 Å². The van der Waals surface area contributed by atoms with E-state index in [1.807, 2.05) is 6.92 Å². The first-order valence-electron chi connectivity index (χ1n) is 9.47. The normalized spacial score (nSPS) is 27.9. The molecular formula is C22H27NO6. The van der Waals surface area contributed by atoms with Gasteiger partial charge in [0.25, 0.3) is 0 Å². The average Bonchev–Trinajstić information content (AvgIpc) is 2.66. The SMILES string of the molecule is C=C[C@@H]1/C=C\C(=O)[C@@H](O)[C@@H](O)C/C=C/c2cc(NCC)cc(O)c2C(=O)O[C@H]1C. The Bertz CT molecular complexity index is 829. The number of fused-ring (bicyclic) bond motifs is 1. The van der Waals surface area contributed by atoms with Gasteiger partial charge in [-0.05, 0) is 38.0 Å². The number of aromatic hydroxyl groups is 1. The summed E-state index contributed by atoms with van der Waals surface area (Å²) in [6.45, 7) is 7.82. The Morgan fingerprint density at radius 3 is 2.66 bits per heavy atom. The largest absolute Gasteiger partial charge is 0.507 e. The molecule has 4 N–H and O–H groups in total. The summed E-state index contributed by atoms with van der Waals surface area (Å²) in [6.07, 6.45) is 3.57. The third kappa shape index (κ3) is 5.56. The number of cyclic esters (lactones) is 1. The first-order valence-corrected chi connectivity index (χ1v) is 9.47. The standard InChI is InChI=1S/C22H27NO6/c1-4-14-9-10-18(25)21(27)17(24)8-6-7-15-11-16(23-5-2)12-19(26)20(15)22(28)29-13(14)3/h4,6-7,9-14,17,21,23-24,26-27H,1,5,8H2,2-3H3/b7-6+,10-9-/t13-,14+,17-,21-/m0/s1. The van der Waals surface area contributed by atoms with E-state index in [2.05, 4.69) is 11.9 Å². The predicted molar refractivity (Wildman–Crippen MR) is 111 cm³/mol. The van der Waals surface area contributed by atoms with E-state index >= 15 is 0 Å². The number of carbonyl (C=O) groups excluding carboxylic acids is 2. The summed E-state index contributed by atoms with van der Waals surface area (Å²) in [5, 5.41) is 33.6. The molecule has 0 spiro atoms. The molecule has 0 saturated heterocycles. The zero-order valence-electron chi connectivity index (χ0n) is 16.5. The first-order chi connectivity index (χ1) is 13.8. The number of hydrogen-bond acceptors (Lipinski definition) is 7. The monoisotopic (exact) mass is 401 g/mol. The second-order valence-electron chi connectivity index (χ2n) is 6.83. The highest BCUT2D eigenvalue weighted by atomic mass is 16.5. The molecule has 7 nitrogen and oxygen atoms in total. The summed E-state index contributed by atoms with van der Waals surface area (Å²) in [7, 11) is 0. The van der Waals surface area contributed by atoms with Crippen LogP contribution in [0.1, 0.15) is 36.2 Å². The van der Waals surface area contributed by atoms with Crippen LogP contribution in [-0.4, -0.2) is 51.9 Å². The van der Waals surface area contributed by atoms with E-state index in [1.165, 1.54) is 30.4 Å². The van der Waals surface area contributed by atoms with Crippen LogP contribution in [0.15, 0.2) is 43.0 Å². The van der Waals surface area contributed by atoms with Crippen LogP contribution >= 0.6 is 0 Å². The van der Waals surface area contributed by atoms with Crippen molar-refractivity contribution in [1.29, 1.82) is 0 Å². The summed E-state index contributed by atoms with van der Waals surface area (Å²) < 4.78 is 5.49.